The van der Waals surface area contributed by atoms with Crippen molar-refractivity contribution >= 4 is 5.97 Å². The highest BCUT2D eigenvalue weighted by Crippen LogP contribution is 2.24. The predicted molar refractivity (Wildman–Crippen MR) is 51.7 cm³/mol. The zero-order valence-corrected chi connectivity index (χ0v) is 8.25. The number of carbonyl (C=O) groups is 1. The second-order valence-corrected chi connectivity index (χ2v) is 3.85. The summed E-state index contributed by atoms with van der Waals surface area (Å²) in [5, 5.41) is 12.2. The third-order valence-electron chi connectivity index (χ3n) is 2.71. The topological polar surface area (TPSA) is 49.3 Å². The van der Waals surface area contributed by atoms with Gasteiger partial charge in [-0.25, -0.2) is 0 Å². The lowest BCUT2D eigenvalue weighted by molar-refractivity contribution is -0.143. The van der Waals surface area contributed by atoms with Crippen molar-refractivity contribution in [2.45, 2.75) is 45.1 Å². The average molecular weight is 185 g/mol. The Morgan fingerprint density at radius 2 is 2.31 bits per heavy atom. The summed E-state index contributed by atoms with van der Waals surface area (Å²) in [6.07, 6.45) is 4.99. The van der Waals surface area contributed by atoms with E-state index in [1.807, 2.05) is 0 Å². The first-order valence-electron chi connectivity index (χ1n) is 5.20. The van der Waals surface area contributed by atoms with Crippen LogP contribution in [0.2, 0.25) is 0 Å². The Labute approximate surface area is 79.5 Å². The molecule has 1 aliphatic carbocycles. The van der Waals surface area contributed by atoms with Gasteiger partial charge in [0.2, 0.25) is 0 Å². The predicted octanol–water partition coefficient (Wildman–Crippen LogP) is 1.63. The van der Waals surface area contributed by atoms with Gasteiger partial charge in [-0.3, -0.25) is 4.79 Å². The average Bonchev–Trinajstić information content (AvgIpc) is 2.15. The smallest absolute Gasteiger partial charge is 0.306 e. The van der Waals surface area contributed by atoms with Crippen LogP contribution >= 0.6 is 0 Å². The first-order valence-corrected chi connectivity index (χ1v) is 5.20. The maximum Gasteiger partial charge on any atom is 0.306 e. The monoisotopic (exact) mass is 185 g/mol. The summed E-state index contributed by atoms with van der Waals surface area (Å²) >= 11 is 0. The Morgan fingerprint density at radius 1 is 1.54 bits per heavy atom. The van der Waals surface area contributed by atoms with Crippen molar-refractivity contribution in [3.8, 4) is 0 Å². The van der Waals surface area contributed by atoms with Crippen molar-refractivity contribution in [1.29, 1.82) is 0 Å². The fourth-order valence-corrected chi connectivity index (χ4v) is 1.95. The summed E-state index contributed by atoms with van der Waals surface area (Å²) < 4.78 is 0. The lowest BCUT2D eigenvalue weighted by Crippen LogP contribution is -2.36. The maximum atomic E-state index is 10.7. The van der Waals surface area contributed by atoms with Crippen LogP contribution in [0.3, 0.4) is 0 Å². The molecule has 0 aliphatic heterocycles. The van der Waals surface area contributed by atoms with E-state index in [1.54, 1.807) is 0 Å². The van der Waals surface area contributed by atoms with Crippen LogP contribution < -0.4 is 5.32 Å². The molecule has 1 fully saturated rings. The summed E-state index contributed by atoms with van der Waals surface area (Å²) in [6.45, 7) is 3.14. The quantitative estimate of drug-likeness (QED) is 0.700. The van der Waals surface area contributed by atoms with Gasteiger partial charge >= 0.3 is 5.97 Å². The molecule has 0 aromatic heterocycles. The van der Waals surface area contributed by atoms with E-state index >= 15 is 0 Å². The molecule has 0 bridgehead atoms. The Hall–Kier alpha value is -0.570. The van der Waals surface area contributed by atoms with Crippen LogP contribution in [0.25, 0.3) is 0 Å². The molecule has 1 rings (SSSR count). The highest BCUT2D eigenvalue weighted by atomic mass is 16.4. The molecule has 0 saturated heterocycles. The van der Waals surface area contributed by atoms with E-state index in [4.69, 9.17) is 5.11 Å². The summed E-state index contributed by atoms with van der Waals surface area (Å²) in [5.41, 5.74) is 0. The second-order valence-electron chi connectivity index (χ2n) is 3.85. The molecule has 2 unspecified atom stereocenters. The van der Waals surface area contributed by atoms with E-state index < -0.39 is 5.97 Å². The molecule has 13 heavy (non-hydrogen) atoms. The molecule has 2 atom stereocenters. The minimum absolute atomic E-state index is 0.108. The summed E-state index contributed by atoms with van der Waals surface area (Å²) in [4.78, 5) is 10.7. The number of carboxylic acid groups (broad SMARTS) is 1. The standard InChI is InChI=1S/C10H19NO2/c1-2-6-11-9-5-3-4-8(7-9)10(12)13/h8-9,11H,2-7H2,1H3,(H,12,13). The SMILES string of the molecule is CCCNC1CCCC(C(=O)O)C1. The van der Waals surface area contributed by atoms with Gasteiger partial charge in [0, 0.05) is 6.04 Å². The van der Waals surface area contributed by atoms with Crippen molar-refractivity contribution in [3.05, 3.63) is 0 Å². The molecule has 76 valence electrons. The molecule has 0 radical (unpaired) electrons. The molecule has 0 spiro atoms. The maximum absolute atomic E-state index is 10.7. The molecule has 3 heteroatoms. The lowest BCUT2D eigenvalue weighted by Gasteiger charge is -2.27. The van der Waals surface area contributed by atoms with Gasteiger partial charge in [0.05, 0.1) is 5.92 Å². The number of nitrogens with one attached hydrogen (secondary N) is 1. The van der Waals surface area contributed by atoms with E-state index in [9.17, 15) is 4.79 Å². The first kappa shape index (κ1) is 10.5. The van der Waals surface area contributed by atoms with Crippen LogP contribution in [-0.2, 0) is 4.79 Å². The third kappa shape index (κ3) is 3.35. The second kappa shape index (κ2) is 5.22. The van der Waals surface area contributed by atoms with Crippen molar-refractivity contribution in [1.82, 2.24) is 5.32 Å². The number of hydrogen-bond donors (Lipinski definition) is 2. The van der Waals surface area contributed by atoms with E-state index in [2.05, 4.69) is 12.2 Å². The highest BCUT2D eigenvalue weighted by molar-refractivity contribution is 5.70. The summed E-state index contributed by atoms with van der Waals surface area (Å²) in [6, 6.07) is 0.440. The van der Waals surface area contributed by atoms with Crippen molar-refractivity contribution in [2.24, 2.45) is 5.92 Å². The van der Waals surface area contributed by atoms with E-state index in [-0.39, 0.29) is 5.92 Å². The van der Waals surface area contributed by atoms with Crippen molar-refractivity contribution in [3.63, 3.8) is 0 Å². The Bertz CT molecular complexity index is 170. The molecule has 0 aromatic carbocycles. The molecular formula is C10H19NO2. The van der Waals surface area contributed by atoms with Crippen LogP contribution in [0.15, 0.2) is 0 Å². The third-order valence-corrected chi connectivity index (χ3v) is 2.71. The zero-order chi connectivity index (χ0) is 9.68. The molecule has 0 amide bonds. The summed E-state index contributed by atoms with van der Waals surface area (Å²) in [7, 11) is 0. The minimum atomic E-state index is -0.622. The van der Waals surface area contributed by atoms with Crippen molar-refractivity contribution < 1.29 is 9.90 Å². The number of aliphatic carboxylic acids is 1. The van der Waals surface area contributed by atoms with Crippen molar-refractivity contribution in [2.75, 3.05) is 6.54 Å². The normalized spacial score (nSPS) is 28.7. The molecule has 0 aromatic rings. The number of hydrogen-bond acceptors (Lipinski definition) is 2. The number of rotatable bonds is 4. The minimum Gasteiger partial charge on any atom is -0.481 e. The van der Waals surface area contributed by atoms with E-state index in [0.717, 1.165) is 38.6 Å². The summed E-state index contributed by atoms with van der Waals surface area (Å²) in [5.74, 6) is -0.730. The van der Waals surface area contributed by atoms with Gasteiger partial charge in [0.1, 0.15) is 0 Å². The highest BCUT2D eigenvalue weighted by Gasteiger charge is 2.26. The first-order chi connectivity index (χ1) is 6.24. The van der Waals surface area contributed by atoms with Crippen LogP contribution in [0, 0.1) is 5.92 Å². The molecule has 1 saturated carbocycles. The van der Waals surface area contributed by atoms with E-state index in [0.29, 0.717) is 6.04 Å². The molecule has 3 nitrogen and oxygen atoms in total. The van der Waals surface area contributed by atoms with Crippen LogP contribution in [0.1, 0.15) is 39.0 Å². The molecular weight excluding hydrogens is 166 g/mol. The zero-order valence-electron chi connectivity index (χ0n) is 8.25. The van der Waals surface area contributed by atoms with Crippen LogP contribution in [0.4, 0.5) is 0 Å². The van der Waals surface area contributed by atoms with Crippen LogP contribution in [0.5, 0.6) is 0 Å². The Balaban J connectivity index is 2.29. The van der Waals surface area contributed by atoms with Gasteiger partial charge in [-0.1, -0.05) is 13.3 Å². The fraction of sp³-hybridized carbons (Fsp3) is 0.900. The fourth-order valence-electron chi connectivity index (χ4n) is 1.95. The Kier molecular flexibility index (Phi) is 4.22. The van der Waals surface area contributed by atoms with E-state index in [1.165, 1.54) is 0 Å². The lowest BCUT2D eigenvalue weighted by atomic mass is 9.86. The molecule has 0 heterocycles. The van der Waals surface area contributed by atoms with Gasteiger partial charge in [-0.15, -0.1) is 0 Å². The van der Waals surface area contributed by atoms with Gasteiger partial charge < -0.3 is 10.4 Å². The van der Waals surface area contributed by atoms with Gasteiger partial charge in [-0.2, -0.15) is 0 Å². The van der Waals surface area contributed by atoms with Gasteiger partial charge in [0.25, 0.3) is 0 Å². The van der Waals surface area contributed by atoms with Crippen LogP contribution in [-0.4, -0.2) is 23.7 Å². The Morgan fingerprint density at radius 3 is 2.92 bits per heavy atom. The van der Waals surface area contributed by atoms with Gasteiger partial charge in [-0.05, 0) is 32.2 Å². The molecule has 1 aliphatic rings. The largest absolute Gasteiger partial charge is 0.481 e. The van der Waals surface area contributed by atoms with Gasteiger partial charge in [0.15, 0.2) is 0 Å². The number of carboxylic acids is 1. The molecule has 2 N–H and O–H groups in total.